The zero-order valence-electron chi connectivity index (χ0n) is 13.4. The normalized spacial score (nSPS) is 11.5. The summed E-state index contributed by atoms with van der Waals surface area (Å²) in [5.74, 6) is -0.233. The number of halogens is 1. The van der Waals surface area contributed by atoms with Crippen molar-refractivity contribution in [3.8, 4) is 0 Å². The van der Waals surface area contributed by atoms with Gasteiger partial charge >= 0.3 is 0 Å². The van der Waals surface area contributed by atoms with E-state index < -0.39 is 10.0 Å². The lowest BCUT2D eigenvalue weighted by Crippen LogP contribution is -2.30. The molecule has 0 fully saturated rings. The monoisotopic (exact) mass is 366 g/mol. The van der Waals surface area contributed by atoms with Gasteiger partial charge in [-0.2, -0.15) is 0 Å². The second kappa shape index (κ2) is 7.79. The van der Waals surface area contributed by atoms with Crippen molar-refractivity contribution in [2.24, 2.45) is 0 Å². The van der Waals surface area contributed by atoms with Crippen molar-refractivity contribution >= 4 is 27.5 Å². The Hall–Kier alpha value is -1.89. The maximum Gasteiger partial charge on any atom is 0.251 e. The van der Waals surface area contributed by atoms with Crippen molar-refractivity contribution in [3.05, 3.63) is 64.7 Å². The molecule has 2 rings (SSSR count). The molecule has 0 atom stereocenters. The lowest BCUT2D eigenvalue weighted by molar-refractivity contribution is 0.0943. The molecule has 2 aromatic carbocycles. The zero-order chi connectivity index (χ0) is 17.7. The van der Waals surface area contributed by atoms with Crippen molar-refractivity contribution in [2.45, 2.75) is 31.3 Å². The first-order chi connectivity index (χ1) is 11.3. The predicted octanol–water partition coefficient (Wildman–Crippen LogP) is 2.96. The van der Waals surface area contributed by atoms with E-state index in [0.717, 1.165) is 5.56 Å². The Labute approximate surface area is 147 Å². The van der Waals surface area contributed by atoms with Crippen molar-refractivity contribution in [1.29, 1.82) is 0 Å². The third-order valence-corrected chi connectivity index (χ3v) is 4.90. The molecule has 0 spiro atoms. The highest BCUT2D eigenvalue weighted by atomic mass is 35.5. The van der Waals surface area contributed by atoms with Gasteiger partial charge in [-0.25, -0.2) is 13.1 Å². The molecule has 24 heavy (non-hydrogen) atoms. The highest BCUT2D eigenvalue weighted by Gasteiger charge is 2.15. The van der Waals surface area contributed by atoms with Crippen LogP contribution >= 0.6 is 11.6 Å². The number of nitrogens with one attached hydrogen (secondary N) is 2. The Morgan fingerprint density at radius 2 is 1.62 bits per heavy atom. The fraction of sp³-hybridized carbons (Fsp3) is 0.235. The van der Waals surface area contributed by atoms with Crippen LogP contribution in [0.25, 0.3) is 0 Å². The molecule has 0 saturated heterocycles. The van der Waals surface area contributed by atoms with Crippen LogP contribution in [0.15, 0.2) is 53.4 Å². The summed E-state index contributed by atoms with van der Waals surface area (Å²) in [6.45, 7) is 3.88. The summed E-state index contributed by atoms with van der Waals surface area (Å²) in [6, 6.07) is 12.7. The summed E-state index contributed by atoms with van der Waals surface area (Å²) in [4.78, 5) is 12.0. The van der Waals surface area contributed by atoms with Gasteiger partial charge < -0.3 is 5.32 Å². The summed E-state index contributed by atoms with van der Waals surface area (Å²) in [5, 5.41) is 3.35. The first-order valence-electron chi connectivity index (χ1n) is 7.43. The lowest BCUT2D eigenvalue weighted by atomic mass is 10.2. The van der Waals surface area contributed by atoms with Gasteiger partial charge in [0, 0.05) is 23.2 Å². The van der Waals surface area contributed by atoms with E-state index in [2.05, 4.69) is 10.0 Å². The average molecular weight is 367 g/mol. The predicted molar refractivity (Wildman–Crippen MR) is 94.5 cm³/mol. The maximum atomic E-state index is 12.3. The van der Waals surface area contributed by atoms with Crippen molar-refractivity contribution < 1.29 is 13.2 Å². The SMILES string of the molecule is CC(C)NC(=O)c1ccc(S(=O)(=O)NCc2ccc(Cl)cc2)cc1. The molecule has 5 nitrogen and oxygen atoms in total. The minimum absolute atomic E-state index is 0.0157. The van der Waals surface area contributed by atoms with E-state index in [1.165, 1.54) is 24.3 Å². The third kappa shape index (κ3) is 5.06. The standard InChI is InChI=1S/C17H19ClN2O3S/c1-12(2)20-17(21)14-5-9-16(10-6-14)24(22,23)19-11-13-3-7-15(18)8-4-13/h3-10,12,19H,11H2,1-2H3,(H,20,21). The summed E-state index contributed by atoms with van der Waals surface area (Å²) in [5.41, 5.74) is 1.22. The smallest absolute Gasteiger partial charge is 0.251 e. The Morgan fingerprint density at radius 1 is 1.04 bits per heavy atom. The van der Waals surface area contributed by atoms with Gasteiger partial charge in [-0.1, -0.05) is 23.7 Å². The minimum atomic E-state index is -3.65. The van der Waals surface area contributed by atoms with Gasteiger partial charge in [0.2, 0.25) is 10.0 Å². The average Bonchev–Trinajstić information content (AvgIpc) is 2.54. The molecule has 0 saturated carbocycles. The molecule has 7 heteroatoms. The second-order valence-corrected chi connectivity index (χ2v) is 7.81. The fourth-order valence-corrected chi connectivity index (χ4v) is 3.14. The van der Waals surface area contributed by atoms with Crippen LogP contribution in [0, 0.1) is 0 Å². The highest BCUT2D eigenvalue weighted by molar-refractivity contribution is 7.89. The number of benzene rings is 2. The number of amides is 1. The van der Waals surface area contributed by atoms with Crippen LogP contribution in [0.2, 0.25) is 5.02 Å². The summed E-state index contributed by atoms with van der Waals surface area (Å²) in [6.07, 6.45) is 0. The summed E-state index contributed by atoms with van der Waals surface area (Å²) in [7, 11) is -3.65. The van der Waals surface area contributed by atoms with Gasteiger partial charge in [0.15, 0.2) is 0 Å². The van der Waals surface area contributed by atoms with Gasteiger partial charge in [-0.15, -0.1) is 0 Å². The second-order valence-electron chi connectivity index (χ2n) is 5.60. The van der Waals surface area contributed by atoms with E-state index in [-0.39, 0.29) is 23.4 Å². The van der Waals surface area contributed by atoms with E-state index in [1.807, 2.05) is 13.8 Å². The molecule has 0 heterocycles. The van der Waals surface area contributed by atoms with Crippen LogP contribution in [0.5, 0.6) is 0 Å². The van der Waals surface area contributed by atoms with Crippen LogP contribution in [0.3, 0.4) is 0 Å². The van der Waals surface area contributed by atoms with Crippen LogP contribution < -0.4 is 10.0 Å². The molecule has 1 amide bonds. The third-order valence-electron chi connectivity index (χ3n) is 3.23. The first kappa shape index (κ1) is 18.4. The summed E-state index contributed by atoms with van der Waals surface area (Å²) >= 11 is 5.80. The van der Waals surface area contributed by atoms with Crippen molar-refractivity contribution in [3.63, 3.8) is 0 Å². The number of carbonyl (C=O) groups is 1. The van der Waals surface area contributed by atoms with Crippen LogP contribution in [-0.2, 0) is 16.6 Å². The number of carbonyl (C=O) groups excluding carboxylic acids is 1. The quantitative estimate of drug-likeness (QED) is 0.825. The number of sulfonamides is 1. The van der Waals surface area contributed by atoms with Crippen molar-refractivity contribution in [2.75, 3.05) is 0 Å². The Bertz CT molecular complexity index is 801. The Kier molecular flexibility index (Phi) is 5.99. The van der Waals surface area contributed by atoms with E-state index in [0.29, 0.717) is 10.6 Å². The molecule has 2 aromatic rings. The molecule has 0 aromatic heterocycles. The molecule has 0 aliphatic carbocycles. The molecule has 0 bridgehead atoms. The molecule has 0 radical (unpaired) electrons. The molecule has 0 aliphatic heterocycles. The Balaban J connectivity index is 2.06. The molecular formula is C17H19ClN2O3S. The zero-order valence-corrected chi connectivity index (χ0v) is 15.0. The van der Waals surface area contributed by atoms with Gasteiger partial charge in [0.05, 0.1) is 4.90 Å². The van der Waals surface area contributed by atoms with Gasteiger partial charge in [0.1, 0.15) is 0 Å². The van der Waals surface area contributed by atoms with Gasteiger partial charge in [-0.05, 0) is 55.8 Å². The van der Waals surface area contributed by atoms with Gasteiger partial charge in [-0.3, -0.25) is 4.79 Å². The highest BCUT2D eigenvalue weighted by Crippen LogP contribution is 2.13. The minimum Gasteiger partial charge on any atom is -0.350 e. The molecule has 0 unspecified atom stereocenters. The topological polar surface area (TPSA) is 75.3 Å². The van der Waals surface area contributed by atoms with Gasteiger partial charge in [0.25, 0.3) is 5.91 Å². The molecule has 128 valence electrons. The summed E-state index contributed by atoms with van der Waals surface area (Å²) < 4.78 is 27.1. The van der Waals surface area contributed by atoms with Crippen LogP contribution in [0.4, 0.5) is 0 Å². The fourth-order valence-electron chi connectivity index (χ4n) is 1.99. The lowest BCUT2D eigenvalue weighted by Gasteiger charge is -2.10. The van der Waals surface area contributed by atoms with Crippen LogP contribution in [-0.4, -0.2) is 20.4 Å². The van der Waals surface area contributed by atoms with E-state index >= 15 is 0 Å². The van der Waals surface area contributed by atoms with Crippen molar-refractivity contribution in [1.82, 2.24) is 10.0 Å². The maximum absolute atomic E-state index is 12.3. The molecule has 2 N–H and O–H groups in total. The Morgan fingerprint density at radius 3 is 2.17 bits per heavy atom. The molecular weight excluding hydrogens is 348 g/mol. The molecule has 0 aliphatic rings. The van der Waals surface area contributed by atoms with E-state index in [9.17, 15) is 13.2 Å². The van der Waals surface area contributed by atoms with Crippen LogP contribution in [0.1, 0.15) is 29.8 Å². The number of hydrogen-bond acceptors (Lipinski definition) is 3. The first-order valence-corrected chi connectivity index (χ1v) is 9.29. The van der Waals surface area contributed by atoms with E-state index in [4.69, 9.17) is 11.6 Å². The number of rotatable bonds is 6. The van der Waals surface area contributed by atoms with E-state index in [1.54, 1.807) is 24.3 Å². The largest absolute Gasteiger partial charge is 0.350 e. The number of hydrogen-bond donors (Lipinski definition) is 2.